The lowest BCUT2D eigenvalue weighted by Crippen LogP contribution is -2.50. The number of aromatic nitrogens is 1. The van der Waals surface area contributed by atoms with Gasteiger partial charge >= 0.3 is 6.03 Å². The van der Waals surface area contributed by atoms with E-state index in [1.54, 1.807) is 25.3 Å². The van der Waals surface area contributed by atoms with Gasteiger partial charge in [0.2, 0.25) is 0 Å². The van der Waals surface area contributed by atoms with Crippen LogP contribution in [0.15, 0.2) is 42.6 Å². The van der Waals surface area contributed by atoms with Gasteiger partial charge in [0, 0.05) is 62.9 Å². The third kappa shape index (κ3) is 4.67. The Labute approximate surface area is 178 Å². The van der Waals surface area contributed by atoms with Crippen LogP contribution >= 0.6 is 0 Å². The first kappa shape index (κ1) is 20.5. The van der Waals surface area contributed by atoms with Crippen LogP contribution in [-0.4, -0.2) is 62.3 Å². The molecule has 2 aromatic rings. The second-order valence-electron chi connectivity index (χ2n) is 8.05. The highest BCUT2D eigenvalue weighted by molar-refractivity contribution is 6.01. The summed E-state index contributed by atoms with van der Waals surface area (Å²) in [4.78, 5) is 23.8. The van der Waals surface area contributed by atoms with Crippen molar-refractivity contribution >= 4 is 23.2 Å². The summed E-state index contributed by atoms with van der Waals surface area (Å²) in [6, 6.07) is 11.8. The van der Waals surface area contributed by atoms with E-state index in [4.69, 9.17) is 4.74 Å². The average Bonchev–Trinajstić information content (AvgIpc) is 3.34. The average molecular weight is 410 g/mol. The molecule has 1 aliphatic heterocycles. The lowest BCUT2D eigenvalue weighted by molar-refractivity contribution is 0.187. The number of anilines is 3. The molecule has 1 aromatic carbocycles. The zero-order chi connectivity index (χ0) is 20.9. The minimum absolute atomic E-state index is 0.191. The molecule has 2 aliphatic rings. The van der Waals surface area contributed by atoms with Crippen molar-refractivity contribution in [3.8, 4) is 5.75 Å². The summed E-state index contributed by atoms with van der Waals surface area (Å²) in [6.07, 6.45) is 7.21. The number of ether oxygens (including phenoxy) is 1. The molecule has 1 aromatic heterocycles. The quantitative estimate of drug-likeness (QED) is 0.813. The zero-order valence-electron chi connectivity index (χ0n) is 17.9. The first-order chi connectivity index (χ1) is 14.6. The summed E-state index contributed by atoms with van der Waals surface area (Å²) in [6.45, 7) is 4.13. The van der Waals surface area contributed by atoms with Gasteiger partial charge in [-0.15, -0.1) is 0 Å². The second kappa shape index (κ2) is 9.34. The molecule has 30 heavy (non-hydrogen) atoms. The van der Waals surface area contributed by atoms with Crippen LogP contribution < -0.4 is 19.9 Å². The number of urea groups is 1. The Bertz CT molecular complexity index is 843. The topological polar surface area (TPSA) is 60.9 Å². The van der Waals surface area contributed by atoms with Gasteiger partial charge in [0.1, 0.15) is 11.6 Å². The first-order valence-corrected chi connectivity index (χ1v) is 10.8. The maximum atomic E-state index is 12.7. The van der Waals surface area contributed by atoms with Crippen molar-refractivity contribution in [2.75, 3.05) is 55.5 Å². The van der Waals surface area contributed by atoms with Crippen molar-refractivity contribution < 1.29 is 9.53 Å². The highest BCUT2D eigenvalue weighted by Crippen LogP contribution is 2.26. The van der Waals surface area contributed by atoms with E-state index < -0.39 is 0 Å². The van der Waals surface area contributed by atoms with Gasteiger partial charge in [-0.2, -0.15) is 0 Å². The molecule has 0 unspecified atom stereocenters. The normalized spacial score (nSPS) is 17.7. The number of methoxy groups -OCH3 is 1. The number of hydrogen-bond donors (Lipinski definition) is 1. The predicted molar refractivity (Wildman–Crippen MR) is 121 cm³/mol. The van der Waals surface area contributed by atoms with E-state index in [0.29, 0.717) is 0 Å². The first-order valence-electron chi connectivity index (χ1n) is 10.8. The van der Waals surface area contributed by atoms with Crippen LogP contribution in [0.1, 0.15) is 25.7 Å². The molecule has 0 spiro atoms. The summed E-state index contributed by atoms with van der Waals surface area (Å²) in [7, 11) is 3.38. The number of benzene rings is 1. The Hall–Kier alpha value is -2.80. The van der Waals surface area contributed by atoms with Crippen LogP contribution in [0, 0.1) is 0 Å². The summed E-state index contributed by atoms with van der Waals surface area (Å²) in [5.74, 6) is 1.69. The molecule has 2 amide bonds. The standard InChI is InChI=1S/C23H31N5O2/c1-26(19-7-9-21(30-2)10-8-19)23(29)25-18-11-12-24-22(17-18)28-15-13-27(14-16-28)20-5-3-4-6-20/h7-12,17,20H,3-6,13-16H2,1-2H3,(H,24,25,29). The van der Waals surface area contributed by atoms with E-state index in [0.717, 1.165) is 55.2 Å². The Morgan fingerprint density at radius 3 is 2.47 bits per heavy atom. The van der Waals surface area contributed by atoms with Gasteiger partial charge < -0.3 is 15.0 Å². The molecule has 4 rings (SSSR count). The van der Waals surface area contributed by atoms with Gasteiger partial charge in [-0.25, -0.2) is 9.78 Å². The molecule has 0 bridgehead atoms. The lowest BCUT2D eigenvalue weighted by Gasteiger charge is -2.38. The molecule has 7 nitrogen and oxygen atoms in total. The SMILES string of the molecule is COc1ccc(N(C)C(=O)Nc2ccnc(N3CCN(C4CCCC4)CC3)c2)cc1. The molecule has 1 saturated carbocycles. The van der Waals surface area contributed by atoms with Crippen LogP contribution in [0.3, 0.4) is 0 Å². The van der Waals surface area contributed by atoms with Gasteiger partial charge in [0.05, 0.1) is 7.11 Å². The van der Waals surface area contributed by atoms with Gasteiger partial charge in [-0.05, 0) is 43.2 Å². The van der Waals surface area contributed by atoms with E-state index in [2.05, 4.69) is 20.1 Å². The van der Waals surface area contributed by atoms with Crippen molar-refractivity contribution in [3.05, 3.63) is 42.6 Å². The number of pyridine rings is 1. The molecule has 7 heteroatoms. The Morgan fingerprint density at radius 1 is 1.10 bits per heavy atom. The number of nitrogens with zero attached hydrogens (tertiary/aromatic N) is 4. The molecule has 2 fully saturated rings. The molecule has 2 heterocycles. The fraction of sp³-hybridized carbons (Fsp3) is 0.478. The Morgan fingerprint density at radius 2 is 1.80 bits per heavy atom. The third-order valence-electron chi connectivity index (χ3n) is 6.24. The summed E-state index contributed by atoms with van der Waals surface area (Å²) < 4.78 is 5.18. The molecular weight excluding hydrogens is 378 g/mol. The largest absolute Gasteiger partial charge is 0.497 e. The third-order valence-corrected chi connectivity index (χ3v) is 6.24. The monoisotopic (exact) mass is 409 g/mol. The van der Waals surface area contributed by atoms with E-state index in [1.165, 1.54) is 25.7 Å². The summed E-state index contributed by atoms with van der Waals surface area (Å²) in [5.41, 5.74) is 1.55. The molecule has 1 aliphatic carbocycles. The van der Waals surface area contributed by atoms with Crippen LogP contribution in [0.5, 0.6) is 5.75 Å². The number of carbonyl (C=O) groups is 1. The number of hydrogen-bond acceptors (Lipinski definition) is 5. The van der Waals surface area contributed by atoms with Crippen molar-refractivity contribution in [2.24, 2.45) is 0 Å². The molecule has 0 atom stereocenters. The smallest absolute Gasteiger partial charge is 0.326 e. The van der Waals surface area contributed by atoms with Crippen molar-refractivity contribution in [1.29, 1.82) is 0 Å². The van der Waals surface area contributed by atoms with Crippen LogP contribution in [0.25, 0.3) is 0 Å². The Balaban J connectivity index is 1.35. The van der Waals surface area contributed by atoms with Gasteiger partial charge in [0.25, 0.3) is 0 Å². The lowest BCUT2D eigenvalue weighted by atomic mass is 10.2. The maximum absolute atomic E-state index is 12.7. The second-order valence-corrected chi connectivity index (χ2v) is 8.05. The molecular formula is C23H31N5O2. The fourth-order valence-electron chi connectivity index (χ4n) is 4.39. The number of piperazine rings is 1. The molecule has 160 valence electrons. The summed E-state index contributed by atoms with van der Waals surface area (Å²) in [5, 5.41) is 2.98. The highest BCUT2D eigenvalue weighted by atomic mass is 16.5. The summed E-state index contributed by atoms with van der Waals surface area (Å²) >= 11 is 0. The van der Waals surface area contributed by atoms with Crippen molar-refractivity contribution in [3.63, 3.8) is 0 Å². The minimum atomic E-state index is -0.191. The van der Waals surface area contributed by atoms with Gasteiger partial charge in [-0.3, -0.25) is 9.80 Å². The molecule has 1 saturated heterocycles. The Kier molecular flexibility index (Phi) is 6.38. The van der Waals surface area contributed by atoms with Crippen LogP contribution in [0.2, 0.25) is 0 Å². The number of nitrogens with one attached hydrogen (secondary N) is 1. The zero-order valence-corrected chi connectivity index (χ0v) is 17.9. The van der Waals surface area contributed by atoms with E-state index in [9.17, 15) is 4.79 Å². The van der Waals surface area contributed by atoms with Crippen LogP contribution in [-0.2, 0) is 0 Å². The van der Waals surface area contributed by atoms with E-state index in [-0.39, 0.29) is 6.03 Å². The van der Waals surface area contributed by atoms with Gasteiger partial charge in [-0.1, -0.05) is 12.8 Å². The van der Waals surface area contributed by atoms with Gasteiger partial charge in [0.15, 0.2) is 0 Å². The van der Waals surface area contributed by atoms with Crippen molar-refractivity contribution in [1.82, 2.24) is 9.88 Å². The van der Waals surface area contributed by atoms with Crippen LogP contribution in [0.4, 0.5) is 22.0 Å². The van der Waals surface area contributed by atoms with E-state index >= 15 is 0 Å². The molecule has 1 N–H and O–H groups in total. The van der Waals surface area contributed by atoms with Crippen molar-refractivity contribution in [2.45, 2.75) is 31.7 Å². The number of amides is 2. The maximum Gasteiger partial charge on any atom is 0.326 e. The number of rotatable bonds is 5. The van der Waals surface area contributed by atoms with E-state index in [1.807, 2.05) is 36.4 Å². The minimum Gasteiger partial charge on any atom is -0.497 e. The highest BCUT2D eigenvalue weighted by Gasteiger charge is 2.26. The predicted octanol–water partition coefficient (Wildman–Crippen LogP) is 3.82. The fourth-order valence-corrected chi connectivity index (χ4v) is 4.39. The number of carbonyl (C=O) groups excluding carboxylic acids is 1. The molecule has 0 radical (unpaired) electrons.